The van der Waals surface area contributed by atoms with Gasteiger partial charge in [-0.15, -0.1) is 0 Å². The van der Waals surface area contributed by atoms with Crippen LogP contribution in [0.4, 0.5) is 17.6 Å². The summed E-state index contributed by atoms with van der Waals surface area (Å²) in [6.45, 7) is 2.84. The summed E-state index contributed by atoms with van der Waals surface area (Å²) in [6.07, 6.45) is 1.37. The number of fused-ring (bicyclic) bond motifs is 2. The van der Waals surface area contributed by atoms with Gasteiger partial charge < -0.3 is 35.4 Å². The molecule has 3 N–H and O–H groups in total. The molecule has 0 aliphatic carbocycles. The summed E-state index contributed by atoms with van der Waals surface area (Å²) in [6, 6.07) is -5.33. The van der Waals surface area contributed by atoms with E-state index in [1.807, 2.05) is 0 Å². The quantitative estimate of drug-likeness (QED) is 0.207. The maximum Gasteiger partial charge on any atom is 0.328 e. The van der Waals surface area contributed by atoms with E-state index < -0.39 is 108 Å². The molecule has 52 heavy (non-hydrogen) atoms. The number of allylic oxidation sites excluding steroid dienone is 1. The number of hydrogen-bond donors (Lipinski definition) is 3. The Morgan fingerprint density at radius 1 is 0.962 bits per heavy atom. The molecular weight excluding hydrogens is 696 g/mol. The first kappa shape index (κ1) is 39.8. The van der Waals surface area contributed by atoms with Crippen molar-refractivity contribution in [1.82, 2.24) is 30.7 Å². The van der Waals surface area contributed by atoms with E-state index in [1.54, 1.807) is 0 Å². The summed E-state index contributed by atoms with van der Waals surface area (Å²) < 4.78 is 60.4. The molecule has 284 valence electrons. The molecular formula is C34H42F4N6O8. The number of benzene rings is 1. The molecule has 3 saturated heterocycles. The van der Waals surface area contributed by atoms with E-state index in [1.165, 1.54) is 30.7 Å². The number of carbonyl (C=O) groups excluding carboxylic acids is 7. The maximum atomic E-state index is 14.1. The summed E-state index contributed by atoms with van der Waals surface area (Å²) in [5.41, 5.74) is -0.106. The van der Waals surface area contributed by atoms with Crippen LogP contribution in [0.5, 0.6) is 0 Å². The second kappa shape index (κ2) is 16.5. The van der Waals surface area contributed by atoms with Crippen molar-refractivity contribution in [2.24, 2.45) is 0 Å². The second-order valence-corrected chi connectivity index (χ2v) is 13.3. The Morgan fingerprint density at radius 3 is 2.17 bits per heavy atom. The smallest absolute Gasteiger partial charge is 0.328 e. The van der Waals surface area contributed by atoms with Crippen molar-refractivity contribution >= 4 is 41.4 Å². The number of carbonyl (C=O) groups is 7. The average molecular weight is 739 g/mol. The van der Waals surface area contributed by atoms with E-state index >= 15 is 0 Å². The van der Waals surface area contributed by atoms with Gasteiger partial charge in [-0.05, 0) is 63.3 Å². The molecule has 4 rings (SSSR count). The Labute approximate surface area is 297 Å². The molecule has 0 aromatic heterocycles. The Balaban J connectivity index is 1.68. The molecule has 1 aromatic carbocycles. The molecule has 18 heteroatoms. The van der Waals surface area contributed by atoms with Crippen LogP contribution in [0.25, 0.3) is 0 Å². The lowest BCUT2D eigenvalue weighted by Gasteiger charge is -2.34. The highest BCUT2D eigenvalue weighted by molar-refractivity contribution is 5.98. The topological polar surface area (TPSA) is 175 Å². The predicted octanol–water partition coefficient (Wildman–Crippen LogP) is 0.579. The van der Waals surface area contributed by atoms with Gasteiger partial charge >= 0.3 is 5.97 Å². The third-order valence-corrected chi connectivity index (χ3v) is 9.20. The lowest BCUT2D eigenvalue weighted by molar-refractivity contribution is -0.158. The van der Waals surface area contributed by atoms with E-state index in [-0.39, 0.29) is 37.6 Å². The Kier molecular flexibility index (Phi) is 12.6. The lowest BCUT2D eigenvalue weighted by Crippen LogP contribution is -2.60. The molecule has 0 spiro atoms. The van der Waals surface area contributed by atoms with E-state index in [0.29, 0.717) is 31.9 Å². The fourth-order valence-corrected chi connectivity index (χ4v) is 6.33. The molecule has 14 nitrogen and oxygen atoms in total. The standard InChI is InChI=1S/C34H42F4N6O8/c1-18-30(48)44-12-6-8-26(44)33(51)52-17-24(31(49)43-11-5-7-25(43)32(50)42(4)19(2)28(46)39-18)41-29(47)23(40-27(45)9-10-34(3,37)38)15-20-13-21(35)16-22(36)14-20/h9-10,13-14,16,18-19,23-26H,5-8,11-12,15,17H2,1-4H3,(H,39,46)(H,40,45)(H,41,47)/t18-,19-,23-,24-,25-,26-/m0/s1. The third-order valence-electron chi connectivity index (χ3n) is 9.20. The Bertz CT molecular complexity index is 1600. The van der Waals surface area contributed by atoms with Gasteiger partial charge in [0, 0.05) is 45.6 Å². The van der Waals surface area contributed by atoms with Gasteiger partial charge in [-0.3, -0.25) is 28.8 Å². The van der Waals surface area contributed by atoms with Crippen molar-refractivity contribution in [2.75, 3.05) is 26.7 Å². The van der Waals surface area contributed by atoms with Crippen molar-refractivity contribution < 1.29 is 55.9 Å². The van der Waals surface area contributed by atoms with Crippen LogP contribution in [0.1, 0.15) is 52.0 Å². The number of halogens is 4. The number of likely N-dealkylation sites (N-methyl/N-ethyl adjacent to an activating group) is 1. The maximum absolute atomic E-state index is 14.1. The van der Waals surface area contributed by atoms with Gasteiger partial charge in [-0.2, -0.15) is 0 Å². The van der Waals surface area contributed by atoms with Gasteiger partial charge in [0.25, 0.3) is 5.92 Å². The van der Waals surface area contributed by atoms with Gasteiger partial charge in [0.1, 0.15) is 54.5 Å². The van der Waals surface area contributed by atoms with E-state index in [9.17, 15) is 51.1 Å². The molecule has 3 heterocycles. The van der Waals surface area contributed by atoms with Crippen LogP contribution in [-0.4, -0.2) is 125 Å². The Morgan fingerprint density at radius 2 is 1.56 bits per heavy atom. The minimum atomic E-state index is -3.39. The van der Waals surface area contributed by atoms with Crippen molar-refractivity contribution in [1.29, 1.82) is 0 Å². The first-order valence-electron chi connectivity index (χ1n) is 16.8. The number of alkyl halides is 2. The van der Waals surface area contributed by atoms with Gasteiger partial charge in [-0.1, -0.05) is 0 Å². The zero-order chi connectivity index (χ0) is 38.5. The predicted molar refractivity (Wildman–Crippen MR) is 174 cm³/mol. The highest BCUT2D eigenvalue weighted by atomic mass is 19.3. The van der Waals surface area contributed by atoms with Crippen LogP contribution in [0.3, 0.4) is 0 Å². The zero-order valence-electron chi connectivity index (χ0n) is 29.1. The SMILES string of the molecule is C[C@@H]1NC(=O)[C@H](C)N(C)C(=O)[C@@H]2CCCN2C(=O)[C@@H](NC(=O)[C@H](Cc2cc(F)cc(F)c2)NC(=O)C=CC(C)(F)F)COC(=O)[C@@H]2CCCN2C1=O. The first-order valence-corrected chi connectivity index (χ1v) is 16.8. The van der Waals surface area contributed by atoms with Crippen LogP contribution in [-0.2, 0) is 44.7 Å². The molecule has 3 aliphatic heterocycles. The van der Waals surface area contributed by atoms with Gasteiger partial charge in [0.05, 0.1) is 0 Å². The van der Waals surface area contributed by atoms with Crippen LogP contribution >= 0.6 is 0 Å². The summed E-state index contributed by atoms with van der Waals surface area (Å²) >= 11 is 0. The van der Waals surface area contributed by atoms with Crippen LogP contribution in [0, 0.1) is 11.6 Å². The normalized spacial score (nSPS) is 25.8. The minimum Gasteiger partial charge on any atom is -0.461 e. The molecule has 0 unspecified atom stereocenters. The van der Waals surface area contributed by atoms with Gasteiger partial charge in [-0.25, -0.2) is 22.4 Å². The van der Waals surface area contributed by atoms with E-state index in [4.69, 9.17) is 4.74 Å². The summed E-state index contributed by atoms with van der Waals surface area (Å²) in [7, 11) is 1.37. The van der Waals surface area contributed by atoms with Gasteiger partial charge in [0.2, 0.25) is 35.4 Å². The fourth-order valence-electron chi connectivity index (χ4n) is 6.33. The van der Waals surface area contributed by atoms with Crippen LogP contribution in [0.2, 0.25) is 0 Å². The first-order chi connectivity index (χ1) is 24.4. The number of nitrogens with one attached hydrogen (secondary N) is 3. The molecule has 1 aromatic rings. The molecule has 3 aliphatic rings. The van der Waals surface area contributed by atoms with Crippen molar-refractivity contribution in [3.8, 4) is 0 Å². The lowest BCUT2D eigenvalue weighted by atomic mass is 10.0. The van der Waals surface area contributed by atoms with E-state index in [0.717, 1.165) is 17.0 Å². The number of hydrogen-bond acceptors (Lipinski definition) is 8. The van der Waals surface area contributed by atoms with E-state index in [2.05, 4.69) is 16.0 Å². The number of ether oxygens (including phenoxy) is 1. The number of rotatable bonds is 7. The highest BCUT2D eigenvalue weighted by Gasteiger charge is 2.43. The molecule has 0 bridgehead atoms. The minimum absolute atomic E-state index is 0.0463. The fraction of sp³-hybridized carbons (Fsp3) is 0.559. The molecule has 0 radical (unpaired) electrons. The zero-order valence-corrected chi connectivity index (χ0v) is 29.1. The summed E-state index contributed by atoms with van der Waals surface area (Å²) in [5, 5.41) is 7.18. The Hall–Kier alpha value is -5.03. The van der Waals surface area contributed by atoms with Crippen molar-refractivity contribution in [3.63, 3.8) is 0 Å². The van der Waals surface area contributed by atoms with Crippen LogP contribution < -0.4 is 16.0 Å². The number of esters is 1. The van der Waals surface area contributed by atoms with Crippen molar-refractivity contribution in [2.45, 2.75) is 95.0 Å². The molecule has 6 atom stereocenters. The summed E-state index contributed by atoms with van der Waals surface area (Å²) in [4.78, 5) is 97.5. The summed E-state index contributed by atoms with van der Waals surface area (Å²) in [5.74, 6) is -11.3. The van der Waals surface area contributed by atoms with Gasteiger partial charge in [0.15, 0.2) is 0 Å². The number of amides is 6. The molecule has 0 saturated carbocycles. The largest absolute Gasteiger partial charge is 0.461 e. The monoisotopic (exact) mass is 738 g/mol. The van der Waals surface area contributed by atoms with Crippen molar-refractivity contribution in [3.05, 3.63) is 47.5 Å². The number of nitrogens with zero attached hydrogens (tertiary/aromatic N) is 3. The average Bonchev–Trinajstić information content (AvgIpc) is 3.76. The molecule has 3 fully saturated rings. The third kappa shape index (κ3) is 9.85. The highest BCUT2D eigenvalue weighted by Crippen LogP contribution is 2.24. The second-order valence-electron chi connectivity index (χ2n) is 13.3. The number of cyclic esters (lactones) is 1. The molecule has 6 amide bonds. The van der Waals surface area contributed by atoms with Crippen LogP contribution in [0.15, 0.2) is 30.4 Å².